The number of carbonyl (C=O) groups is 1. The molecule has 1 fully saturated rings. The second-order valence-corrected chi connectivity index (χ2v) is 7.45. The molecule has 1 aliphatic rings. The third-order valence-electron chi connectivity index (χ3n) is 4.54. The van der Waals surface area contributed by atoms with E-state index in [4.69, 9.17) is 4.98 Å². The minimum Gasteiger partial charge on any atom is -0.481 e. The van der Waals surface area contributed by atoms with Gasteiger partial charge in [0.2, 0.25) is 0 Å². The van der Waals surface area contributed by atoms with Gasteiger partial charge >= 0.3 is 5.97 Å². The van der Waals surface area contributed by atoms with Crippen LogP contribution in [0.15, 0.2) is 5.38 Å². The highest BCUT2D eigenvalue weighted by atomic mass is 32.1. The molecule has 3 atom stereocenters. The van der Waals surface area contributed by atoms with Gasteiger partial charge in [0, 0.05) is 30.2 Å². The Morgan fingerprint density at radius 2 is 2.33 bits per heavy atom. The van der Waals surface area contributed by atoms with Gasteiger partial charge in [-0.1, -0.05) is 19.1 Å². The smallest absolute Gasteiger partial charge is 0.307 e. The number of rotatable bonds is 7. The quantitative estimate of drug-likeness (QED) is 0.691. The minimum absolute atomic E-state index is 0.0388. The van der Waals surface area contributed by atoms with Gasteiger partial charge in [-0.15, -0.1) is 21.5 Å². The van der Waals surface area contributed by atoms with E-state index in [0.717, 1.165) is 30.2 Å². The Kier molecular flexibility index (Phi) is 5.20. The normalized spacial score (nSPS) is 20.4. The lowest BCUT2D eigenvalue weighted by atomic mass is 9.80. The molecular weight excluding hydrogens is 328 g/mol. The number of hydrogen-bond donors (Lipinski definition) is 3. The van der Waals surface area contributed by atoms with Gasteiger partial charge in [-0.05, 0) is 18.9 Å². The molecule has 2 aromatic heterocycles. The number of carboxylic acids is 1. The molecule has 0 aliphatic carbocycles. The first-order valence-electron chi connectivity index (χ1n) is 8.17. The maximum Gasteiger partial charge on any atom is 0.307 e. The number of nitrogens with one attached hydrogen (secondary N) is 2. The average Bonchev–Trinajstić information content (AvgIpc) is 3.27. The first-order valence-corrected chi connectivity index (χ1v) is 9.05. The van der Waals surface area contributed by atoms with Crippen molar-refractivity contribution in [2.24, 2.45) is 11.8 Å². The van der Waals surface area contributed by atoms with Crippen molar-refractivity contribution in [2.75, 3.05) is 13.1 Å². The third-order valence-corrected chi connectivity index (χ3v) is 5.59. The minimum atomic E-state index is -0.838. The Bertz CT molecular complexity index is 665. The summed E-state index contributed by atoms with van der Waals surface area (Å²) in [4.78, 5) is 16.5. The maximum atomic E-state index is 11.8. The molecule has 3 N–H and O–H groups in total. The molecule has 8 nitrogen and oxygen atoms in total. The Labute approximate surface area is 144 Å². The summed E-state index contributed by atoms with van der Waals surface area (Å²) >= 11 is 1.65. The first kappa shape index (κ1) is 17.0. The second kappa shape index (κ2) is 7.35. The van der Waals surface area contributed by atoms with Crippen LogP contribution in [0.1, 0.15) is 48.6 Å². The molecule has 3 heterocycles. The summed E-state index contributed by atoms with van der Waals surface area (Å²) in [6.07, 6.45) is 1.61. The zero-order valence-corrected chi connectivity index (χ0v) is 14.6. The number of H-pyrrole nitrogens is 1. The lowest BCUT2D eigenvalue weighted by molar-refractivity contribution is -0.144. The van der Waals surface area contributed by atoms with E-state index in [-0.39, 0.29) is 11.8 Å². The number of thiazole rings is 1. The highest BCUT2D eigenvalue weighted by Gasteiger charge is 2.35. The summed E-state index contributed by atoms with van der Waals surface area (Å²) < 4.78 is 0. The molecule has 0 spiro atoms. The van der Waals surface area contributed by atoms with Gasteiger partial charge in [0.25, 0.3) is 0 Å². The van der Waals surface area contributed by atoms with Crippen LogP contribution in [-0.2, 0) is 11.2 Å². The monoisotopic (exact) mass is 350 g/mol. The van der Waals surface area contributed by atoms with Gasteiger partial charge in [0.05, 0.1) is 16.6 Å². The van der Waals surface area contributed by atoms with Crippen LogP contribution in [0.3, 0.4) is 0 Å². The van der Waals surface area contributed by atoms with Crippen molar-refractivity contribution in [2.45, 2.75) is 38.5 Å². The molecule has 1 aliphatic heterocycles. The summed E-state index contributed by atoms with van der Waals surface area (Å²) in [5, 5.41) is 30.3. The van der Waals surface area contributed by atoms with E-state index in [1.54, 1.807) is 11.3 Å². The van der Waals surface area contributed by atoms with Crippen LogP contribution < -0.4 is 5.32 Å². The summed E-state index contributed by atoms with van der Waals surface area (Å²) in [6.45, 7) is 5.80. The third kappa shape index (κ3) is 3.62. The van der Waals surface area contributed by atoms with E-state index in [0.29, 0.717) is 18.2 Å². The van der Waals surface area contributed by atoms with E-state index in [1.807, 2.05) is 19.2 Å². The Morgan fingerprint density at radius 3 is 2.92 bits per heavy atom. The number of tetrazole rings is 1. The zero-order chi connectivity index (χ0) is 17.1. The van der Waals surface area contributed by atoms with Crippen LogP contribution in [0.5, 0.6) is 0 Å². The van der Waals surface area contributed by atoms with Crippen LogP contribution in [0.4, 0.5) is 0 Å². The van der Waals surface area contributed by atoms with E-state index in [9.17, 15) is 9.90 Å². The van der Waals surface area contributed by atoms with Gasteiger partial charge in [0.15, 0.2) is 5.82 Å². The number of nitrogens with zero attached hydrogens (tertiary/aromatic N) is 4. The van der Waals surface area contributed by atoms with Crippen LogP contribution in [-0.4, -0.2) is 49.8 Å². The molecule has 24 heavy (non-hydrogen) atoms. The van der Waals surface area contributed by atoms with Gasteiger partial charge in [-0.3, -0.25) is 4.79 Å². The number of hydrogen-bond acceptors (Lipinski definition) is 7. The Hall–Kier alpha value is -1.87. The number of aromatic nitrogens is 5. The molecule has 0 bridgehead atoms. The Morgan fingerprint density at radius 1 is 1.50 bits per heavy atom. The van der Waals surface area contributed by atoms with Crippen molar-refractivity contribution >= 4 is 17.3 Å². The molecule has 0 aromatic carbocycles. The summed E-state index contributed by atoms with van der Waals surface area (Å²) in [5.74, 6) is -0.905. The van der Waals surface area contributed by atoms with Gasteiger partial charge < -0.3 is 10.4 Å². The van der Waals surface area contributed by atoms with Gasteiger partial charge in [-0.2, -0.15) is 5.21 Å². The predicted molar refractivity (Wildman–Crippen MR) is 88.9 cm³/mol. The topological polar surface area (TPSA) is 117 Å². The Balaban J connectivity index is 1.82. The fraction of sp³-hybridized carbons (Fsp3) is 0.667. The van der Waals surface area contributed by atoms with Crippen molar-refractivity contribution < 1.29 is 9.90 Å². The molecule has 130 valence electrons. The molecule has 0 saturated carbocycles. The summed E-state index contributed by atoms with van der Waals surface area (Å²) in [5.41, 5.74) is 0.906. The highest BCUT2D eigenvalue weighted by molar-refractivity contribution is 7.09. The van der Waals surface area contributed by atoms with E-state index in [2.05, 4.69) is 25.9 Å². The molecule has 0 amide bonds. The summed E-state index contributed by atoms with van der Waals surface area (Å²) in [6, 6.07) is 0. The van der Waals surface area contributed by atoms with Crippen molar-refractivity contribution in [1.29, 1.82) is 0 Å². The SMILES string of the molecule is CC(C)[C@H](C(=O)O)[C@H](Cc1csc(C2CCNC2)n1)c1nn[nH]n1. The van der Waals surface area contributed by atoms with Crippen LogP contribution >= 0.6 is 11.3 Å². The molecule has 1 unspecified atom stereocenters. The highest BCUT2D eigenvalue weighted by Crippen LogP contribution is 2.33. The van der Waals surface area contributed by atoms with Crippen molar-refractivity contribution in [3.05, 3.63) is 21.9 Å². The van der Waals surface area contributed by atoms with Crippen molar-refractivity contribution in [3.8, 4) is 0 Å². The van der Waals surface area contributed by atoms with Gasteiger partial charge in [0.1, 0.15) is 0 Å². The zero-order valence-electron chi connectivity index (χ0n) is 13.8. The van der Waals surface area contributed by atoms with Crippen molar-refractivity contribution in [1.82, 2.24) is 30.9 Å². The molecule has 2 aromatic rings. The number of aliphatic carboxylic acids is 1. The number of carboxylic acid groups (broad SMARTS) is 1. The fourth-order valence-electron chi connectivity index (χ4n) is 3.32. The lowest BCUT2D eigenvalue weighted by Gasteiger charge is -2.23. The average molecular weight is 350 g/mol. The van der Waals surface area contributed by atoms with Crippen LogP contribution in [0.25, 0.3) is 0 Å². The molecular formula is C15H22N6O2S. The predicted octanol–water partition coefficient (Wildman–Crippen LogP) is 1.42. The standard InChI is InChI=1S/C15H22N6O2S/c1-8(2)12(15(22)23)11(13-18-20-21-19-13)5-10-7-24-14(17-10)9-3-4-16-6-9/h7-9,11-12,16H,3-6H2,1-2H3,(H,22,23)(H,18,19,20,21)/t9?,11-,12-/m0/s1. The fourth-order valence-corrected chi connectivity index (χ4v) is 4.29. The molecule has 0 radical (unpaired) electrons. The first-order chi connectivity index (χ1) is 11.6. The van der Waals surface area contributed by atoms with E-state index >= 15 is 0 Å². The molecule has 9 heteroatoms. The largest absolute Gasteiger partial charge is 0.481 e. The maximum absolute atomic E-state index is 11.8. The molecule has 1 saturated heterocycles. The van der Waals surface area contributed by atoms with E-state index < -0.39 is 11.9 Å². The number of aromatic amines is 1. The second-order valence-electron chi connectivity index (χ2n) is 6.56. The summed E-state index contributed by atoms with van der Waals surface area (Å²) in [7, 11) is 0. The van der Waals surface area contributed by atoms with E-state index in [1.165, 1.54) is 0 Å². The van der Waals surface area contributed by atoms with Gasteiger partial charge in [-0.25, -0.2) is 4.98 Å². The van der Waals surface area contributed by atoms with Crippen LogP contribution in [0, 0.1) is 11.8 Å². The van der Waals surface area contributed by atoms with Crippen LogP contribution in [0.2, 0.25) is 0 Å². The van der Waals surface area contributed by atoms with Crippen molar-refractivity contribution in [3.63, 3.8) is 0 Å². The molecule has 3 rings (SSSR count). The lowest BCUT2D eigenvalue weighted by Crippen LogP contribution is -2.29.